The van der Waals surface area contributed by atoms with E-state index in [1.54, 1.807) is 11.8 Å². The van der Waals surface area contributed by atoms with Crippen molar-refractivity contribution in [1.82, 2.24) is 4.90 Å². The molecule has 178 valence electrons. The van der Waals surface area contributed by atoms with Crippen LogP contribution < -0.4 is 11.1 Å². The zero-order valence-corrected chi connectivity index (χ0v) is 19.8. The highest BCUT2D eigenvalue weighted by Crippen LogP contribution is 2.36. The van der Waals surface area contributed by atoms with Crippen molar-refractivity contribution in [3.05, 3.63) is 65.7 Å². The van der Waals surface area contributed by atoms with Crippen LogP contribution in [0.1, 0.15) is 57.8 Å². The van der Waals surface area contributed by atoms with Crippen molar-refractivity contribution in [3.8, 4) is 0 Å². The Balaban J connectivity index is 1.78. The van der Waals surface area contributed by atoms with Gasteiger partial charge in [-0.1, -0.05) is 42.5 Å². The number of benzene rings is 2. The number of carbonyl (C=O) groups excluding carboxylic acids is 2. The minimum Gasteiger partial charge on any atom is -0.444 e. The molecule has 0 bridgehead atoms. The summed E-state index contributed by atoms with van der Waals surface area (Å²) in [5.74, 6) is -0.243. The number of anilines is 1. The van der Waals surface area contributed by atoms with E-state index >= 15 is 0 Å². The second-order valence-corrected chi connectivity index (χ2v) is 9.72. The molecule has 1 aliphatic heterocycles. The lowest BCUT2D eigenvalue weighted by molar-refractivity contribution is -0.117. The summed E-state index contributed by atoms with van der Waals surface area (Å²) in [6.07, 6.45) is 0.864. The Morgan fingerprint density at radius 1 is 1.12 bits per heavy atom. The number of rotatable bonds is 6. The van der Waals surface area contributed by atoms with Crippen molar-refractivity contribution in [1.29, 1.82) is 0 Å². The summed E-state index contributed by atoms with van der Waals surface area (Å²) < 4.78 is 5.71. The molecule has 0 aromatic heterocycles. The van der Waals surface area contributed by atoms with Gasteiger partial charge in [0.05, 0.1) is 18.2 Å². The predicted octanol–water partition coefficient (Wildman–Crippen LogP) is 4.02. The molecule has 4 atom stereocenters. The van der Waals surface area contributed by atoms with Crippen LogP contribution in [-0.4, -0.2) is 45.7 Å². The topological polar surface area (TPSA) is 105 Å². The summed E-state index contributed by atoms with van der Waals surface area (Å²) in [5, 5.41) is 13.9. The summed E-state index contributed by atoms with van der Waals surface area (Å²) >= 11 is 0. The van der Waals surface area contributed by atoms with Crippen LogP contribution in [0.15, 0.2) is 54.6 Å². The predicted molar refractivity (Wildman–Crippen MR) is 129 cm³/mol. The molecule has 1 fully saturated rings. The van der Waals surface area contributed by atoms with Gasteiger partial charge in [-0.3, -0.25) is 9.69 Å². The standard InChI is InChI=1S/C26H35N3O4/c1-17(27)24(31)28-20-12-10-18(11-13-20)16-21-14-15-22(23(30)19-8-6-5-7-9-19)29(21)25(32)33-26(2,3)4/h5-13,17,21-23,30H,14-16,27H2,1-4H3,(H,28,31)/t17-,21-,22+,23+/m0/s1. The number of nitrogens with two attached hydrogens (primary N) is 1. The van der Waals surface area contributed by atoms with Crippen LogP contribution in [0.4, 0.5) is 10.5 Å². The number of likely N-dealkylation sites (tertiary alicyclic amines) is 1. The minimum absolute atomic E-state index is 0.104. The van der Waals surface area contributed by atoms with Gasteiger partial charge in [0.15, 0.2) is 0 Å². The molecule has 0 radical (unpaired) electrons. The quantitative estimate of drug-likeness (QED) is 0.613. The summed E-state index contributed by atoms with van der Waals surface area (Å²) in [7, 11) is 0. The number of hydrogen-bond donors (Lipinski definition) is 3. The van der Waals surface area contributed by atoms with Crippen molar-refractivity contribution in [2.75, 3.05) is 5.32 Å². The number of nitrogens with one attached hydrogen (secondary N) is 1. The number of ether oxygens (including phenoxy) is 1. The van der Waals surface area contributed by atoms with Gasteiger partial charge in [-0.05, 0) is 70.2 Å². The highest BCUT2D eigenvalue weighted by molar-refractivity contribution is 5.94. The first kappa shape index (κ1) is 24.7. The molecule has 3 rings (SSSR count). The van der Waals surface area contributed by atoms with Gasteiger partial charge in [0.25, 0.3) is 0 Å². The van der Waals surface area contributed by atoms with Crippen molar-refractivity contribution in [2.45, 2.75) is 76.8 Å². The van der Waals surface area contributed by atoms with E-state index in [1.165, 1.54) is 0 Å². The lowest BCUT2D eigenvalue weighted by Gasteiger charge is -2.35. The van der Waals surface area contributed by atoms with Gasteiger partial charge in [0.2, 0.25) is 5.91 Å². The van der Waals surface area contributed by atoms with Gasteiger partial charge in [0.1, 0.15) is 5.60 Å². The maximum atomic E-state index is 13.2. The summed E-state index contributed by atoms with van der Waals surface area (Å²) in [5.41, 5.74) is 7.46. The second-order valence-electron chi connectivity index (χ2n) is 9.72. The smallest absolute Gasteiger partial charge is 0.410 e. The number of amides is 2. The van der Waals surface area contributed by atoms with E-state index in [1.807, 2.05) is 75.4 Å². The molecule has 0 aliphatic carbocycles. The second kappa shape index (κ2) is 10.4. The van der Waals surface area contributed by atoms with E-state index in [4.69, 9.17) is 10.5 Å². The van der Waals surface area contributed by atoms with Crippen molar-refractivity contribution < 1.29 is 19.4 Å². The maximum absolute atomic E-state index is 13.2. The van der Waals surface area contributed by atoms with Gasteiger partial charge in [-0.15, -0.1) is 0 Å². The minimum atomic E-state index is -0.792. The van der Waals surface area contributed by atoms with Gasteiger partial charge in [-0.2, -0.15) is 0 Å². The molecule has 4 N–H and O–H groups in total. The fourth-order valence-corrected chi connectivity index (χ4v) is 4.15. The van der Waals surface area contributed by atoms with Crippen LogP contribution in [0.2, 0.25) is 0 Å². The Morgan fingerprint density at radius 2 is 1.76 bits per heavy atom. The molecule has 2 amide bonds. The van der Waals surface area contributed by atoms with E-state index in [2.05, 4.69) is 5.32 Å². The van der Waals surface area contributed by atoms with E-state index in [9.17, 15) is 14.7 Å². The molecule has 1 aliphatic rings. The lowest BCUT2D eigenvalue weighted by Crippen LogP contribution is -2.47. The summed E-state index contributed by atoms with van der Waals surface area (Å²) in [6, 6.07) is 15.9. The SMILES string of the molecule is C[C@H](N)C(=O)Nc1ccc(C[C@@H]2CC[C@H]([C@H](O)c3ccccc3)N2C(=O)OC(C)(C)C)cc1. The average molecular weight is 454 g/mol. The first-order valence-electron chi connectivity index (χ1n) is 11.4. The molecule has 1 saturated heterocycles. The Bertz CT molecular complexity index is 938. The fourth-order valence-electron chi connectivity index (χ4n) is 4.15. The summed E-state index contributed by atoms with van der Waals surface area (Å²) in [4.78, 5) is 26.7. The molecule has 0 unspecified atom stereocenters. The van der Waals surface area contributed by atoms with Crippen LogP contribution in [-0.2, 0) is 16.0 Å². The normalized spacial score (nSPS) is 20.2. The Hall–Kier alpha value is -2.90. The third kappa shape index (κ3) is 6.55. The monoisotopic (exact) mass is 453 g/mol. The zero-order chi connectivity index (χ0) is 24.2. The highest BCUT2D eigenvalue weighted by atomic mass is 16.6. The average Bonchev–Trinajstić information content (AvgIpc) is 3.17. The molecule has 7 nitrogen and oxygen atoms in total. The zero-order valence-electron chi connectivity index (χ0n) is 19.8. The number of hydrogen-bond acceptors (Lipinski definition) is 5. The van der Waals surface area contributed by atoms with E-state index in [0.717, 1.165) is 17.5 Å². The molecule has 33 heavy (non-hydrogen) atoms. The van der Waals surface area contributed by atoms with Crippen LogP contribution in [0.25, 0.3) is 0 Å². The lowest BCUT2D eigenvalue weighted by atomic mass is 10.0. The van der Waals surface area contributed by atoms with Gasteiger partial charge in [-0.25, -0.2) is 4.79 Å². The summed E-state index contributed by atoms with van der Waals surface area (Å²) in [6.45, 7) is 7.16. The molecule has 2 aromatic carbocycles. The molecule has 7 heteroatoms. The third-order valence-corrected chi connectivity index (χ3v) is 5.76. The van der Waals surface area contributed by atoms with Gasteiger partial charge in [0, 0.05) is 11.7 Å². The number of aliphatic hydroxyl groups excluding tert-OH is 1. The number of nitrogens with zero attached hydrogens (tertiary/aromatic N) is 1. The van der Waals surface area contributed by atoms with E-state index < -0.39 is 23.8 Å². The Morgan fingerprint density at radius 3 is 2.33 bits per heavy atom. The third-order valence-electron chi connectivity index (χ3n) is 5.76. The first-order valence-corrected chi connectivity index (χ1v) is 11.4. The van der Waals surface area contributed by atoms with Crippen LogP contribution in [0.5, 0.6) is 0 Å². The van der Waals surface area contributed by atoms with Crippen molar-refractivity contribution >= 4 is 17.7 Å². The maximum Gasteiger partial charge on any atom is 0.410 e. The number of aliphatic hydroxyl groups is 1. The molecule has 0 saturated carbocycles. The first-order chi connectivity index (χ1) is 15.5. The molecular weight excluding hydrogens is 418 g/mol. The van der Waals surface area contributed by atoms with Crippen LogP contribution >= 0.6 is 0 Å². The van der Waals surface area contributed by atoms with Crippen molar-refractivity contribution in [3.63, 3.8) is 0 Å². The highest BCUT2D eigenvalue weighted by Gasteiger charge is 2.42. The van der Waals surface area contributed by atoms with Crippen molar-refractivity contribution in [2.24, 2.45) is 5.73 Å². The van der Waals surface area contributed by atoms with E-state index in [-0.39, 0.29) is 18.0 Å². The molecular formula is C26H35N3O4. The Kier molecular flexibility index (Phi) is 7.76. The van der Waals surface area contributed by atoms with Crippen LogP contribution in [0, 0.1) is 0 Å². The number of carbonyl (C=O) groups is 2. The largest absolute Gasteiger partial charge is 0.444 e. The molecule has 2 aromatic rings. The van der Waals surface area contributed by atoms with Gasteiger partial charge < -0.3 is 20.9 Å². The van der Waals surface area contributed by atoms with E-state index in [0.29, 0.717) is 18.5 Å². The molecule has 0 spiro atoms. The fraction of sp³-hybridized carbons (Fsp3) is 0.462. The van der Waals surface area contributed by atoms with Gasteiger partial charge >= 0.3 is 6.09 Å². The molecule has 1 heterocycles. The Labute approximate surface area is 195 Å². The van der Waals surface area contributed by atoms with Crippen LogP contribution in [0.3, 0.4) is 0 Å².